The predicted molar refractivity (Wildman–Crippen MR) is 89.5 cm³/mol. The summed E-state index contributed by atoms with van der Waals surface area (Å²) in [5, 5.41) is 14.1. The molecule has 5 nitrogen and oxygen atoms in total. The number of hydrogen-bond acceptors (Lipinski definition) is 4. The Bertz CT molecular complexity index is 692. The van der Waals surface area contributed by atoms with E-state index in [9.17, 15) is 10.1 Å². The lowest BCUT2D eigenvalue weighted by Crippen LogP contribution is -2.09. The van der Waals surface area contributed by atoms with Gasteiger partial charge < -0.3 is 5.32 Å². The summed E-state index contributed by atoms with van der Waals surface area (Å²) in [6.07, 6.45) is 1.27. The van der Waals surface area contributed by atoms with Crippen molar-refractivity contribution in [1.29, 1.82) is 0 Å². The lowest BCUT2D eigenvalue weighted by molar-refractivity contribution is -0.385. The van der Waals surface area contributed by atoms with Crippen molar-refractivity contribution in [3.8, 4) is 0 Å². The van der Waals surface area contributed by atoms with Gasteiger partial charge in [0.05, 0.1) is 15.4 Å². The molecular formula is C14H13Br2N3O2. The van der Waals surface area contributed by atoms with Gasteiger partial charge in [0.1, 0.15) is 12.0 Å². The summed E-state index contributed by atoms with van der Waals surface area (Å²) in [4.78, 5) is 14.6. The molecule has 0 aliphatic heterocycles. The Kier molecular flexibility index (Phi) is 4.95. The number of nitro groups is 1. The fourth-order valence-corrected chi connectivity index (χ4v) is 2.76. The molecule has 1 atom stereocenters. The summed E-state index contributed by atoms with van der Waals surface area (Å²) in [6.45, 7) is 3.70. The van der Waals surface area contributed by atoms with Crippen molar-refractivity contribution in [2.45, 2.75) is 19.9 Å². The number of benzene rings is 1. The Morgan fingerprint density at radius 1 is 1.38 bits per heavy atom. The summed E-state index contributed by atoms with van der Waals surface area (Å²) >= 11 is 6.82. The smallest absolute Gasteiger partial charge is 0.291 e. The highest BCUT2D eigenvalue weighted by Gasteiger charge is 2.18. The molecule has 2 aromatic rings. The number of halogens is 2. The van der Waals surface area contributed by atoms with E-state index in [0.717, 1.165) is 10.0 Å². The van der Waals surface area contributed by atoms with Gasteiger partial charge in [0.15, 0.2) is 0 Å². The van der Waals surface area contributed by atoms with E-state index < -0.39 is 4.92 Å². The molecule has 7 heteroatoms. The van der Waals surface area contributed by atoms with Gasteiger partial charge in [0.25, 0.3) is 5.69 Å². The quantitative estimate of drug-likeness (QED) is 0.564. The summed E-state index contributed by atoms with van der Waals surface area (Å²) in [6, 6.07) is 7.96. The van der Waals surface area contributed by atoms with Crippen LogP contribution >= 0.6 is 31.9 Å². The molecule has 0 amide bonds. The minimum absolute atomic E-state index is 0.00235. The average Bonchev–Trinajstić information content (AvgIpc) is 2.43. The van der Waals surface area contributed by atoms with Crippen molar-refractivity contribution in [2.75, 3.05) is 5.32 Å². The van der Waals surface area contributed by atoms with Crippen LogP contribution in [-0.4, -0.2) is 9.91 Å². The molecule has 0 saturated carbocycles. The van der Waals surface area contributed by atoms with Crippen LogP contribution in [0.15, 0.2) is 39.4 Å². The second-order valence-electron chi connectivity index (χ2n) is 4.61. The van der Waals surface area contributed by atoms with Crippen LogP contribution < -0.4 is 5.32 Å². The highest BCUT2D eigenvalue weighted by Crippen LogP contribution is 2.32. The number of pyridine rings is 1. The first kappa shape index (κ1) is 15.9. The molecule has 0 saturated heterocycles. The fraction of sp³-hybridized carbons (Fsp3) is 0.214. The Labute approximate surface area is 139 Å². The van der Waals surface area contributed by atoms with Crippen molar-refractivity contribution < 1.29 is 4.92 Å². The van der Waals surface area contributed by atoms with Crippen LogP contribution in [0, 0.1) is 17.0 Å². The zero-order valence-electron chi connectivity index (χ0n) is 11.4. The van der Waals surface area contributed by atoms with Crippen LogP contribution in [0.3, 0.4) is 0 Å². The Morgan fingerprint density at radius 3 is 2.71 bits per heavy atom. The zero-order valence-corrected chi connectivity index (χ0v) is 14.6. The maximum atomic E-state index is 10.9. The Morgan fingerprint density at radius 2 is 2.10 bits per heavy atom. The van der Waals surface area contributed by atoms with Crippen LogP contribution in [0.25, 0.3) is 0 Å². The Balaban J connectivity index is 2.28. The maximum absolute atomic E-state index is 10.9. The van der Waals surface area contributed by atoms with Gasteiger partial charge in [-0.1, -0.05) is 28.1 Å². The molecule has 2 rings (SSSR count). The molecule has 1 aromatic carbocycles. The molecule has 1 N–H and O–H groups in total. The number of hydrogen-bond donors (Lipinski definition) is 1. The number of nitrogens with one attached hydrogen (secondary N) is 1. The second kappa shape index (κ2) is 6.53. The molecule has 0 aliphatic rings. The summed E-state index contributed by atoms with van der Waals surface area (Å²) in [7, 11) is 0. The summed E-state index contributed by atoms with van der Waals surface area (Å²) in [5.74, 6) is 0.588. The first-order valence-corrected chi connectivity index (χ1v) is 7.80. The number of rotatable bonds is 4. The maximum Gasteiger partial charge on any atom is 0.291 e. The third kappa shape index (κ3) is 3.59. The van der Waals surface area contributed by atoms with Gasteiger partial charge in [-0.3, -0.25) is 10.1 Å². The fourth-order valence-electron chi connectivity index (χ4n) is 1.92. The van der Waals surface area contributed by atoms with E-state index in [1.54, 1.807) is 6.92 Å². The molecule has 1 aromatic heterocycles. The van der Waals surface area contributed by atoms with Gasteiger partial charge in [-0.15, -0.1) is 0 Å². The SMILES string of the molecule is Cc1c([N+](=O)[O-])cnc(NC(C)c2cccc(Br)c2)c1Br. The summed E-state index contributed by atoms with van der Waals surface area (Å²) in [5.41, 5.74) is 1.65. The monoisotopic (exact) mass is 413 g/mol. The van der Waals surface area contributed by atoms with Crippen LogP contribution in [0.5, 0.6) is 0 Å². The van der Waals surface area contributed by atoms with E-state index in [1.165, 1.54) is 6.20 Å². The lowest BCUT2D eigenvalue weighted by Gasteiger charge is -2.17. The molecular weight excluding hydrogens is 402 g/mol. The minimum Gasteiger partial charge on any atom is -0.363 e. The Hall–Kier alpha value is -1.47. The first-order valence-electron chi connectivity index (χ1n) is 6.21. The average molecular weight is 415 g/mol. The van der Waals surface area contributed by atoms with Crippen LogP contribution in [-0.2, 0) is 0 Å². The molecule has 110 valence electrons. The van der Waals surface area contributed by atoms with E-state index in [2.05, 4.69) is 42.2 Å². The minimum atomic E-state index is -0.436. The topological polar surface area (TPSA) is 68.1 Å². The largest absolute Gasteiger partial charge is 0.363 e. The lowest BCUT2D eigenvalue weighted by atomic mass is 10.1. The number of nitrogens with zero attached hydrogens (tertiary/aromatic N) is 2. The van der Waals surface area contributed by atoms with Crippen molar-refractivity contribution in [1.82, 2.24) is 4.98 Å². The van der Waals surface area contributed by atoms with Crippen LogP contribution in [0.2, 0.25) is 0 Å². The van der Waals surface area contributed by atoms with E-state index in [1.807, 2.05) is 31.2 Å². The van der Waals surface area contributed by atoms with Gasteiger partial charge >= 0.3 is 0 Å². The van der Waals surface area contributed by atoms with E-state index in [0.29, 0.717) is 15.9 Å². The van der Waals surface area contributed by atoms with Crippen molar-refractivity contribution in [2.24, 2.45) is 0 Å². The molecule has 0 radical (unpaired) electrons. The molecule has 21 heavy (non-hydrogen) atoms. The van der Waals surface area contributed by atoms with Crippen molar-refractivity contribution >= 4 is 43.4 Å². The van der Waals surface area contributed by atoms with Gasteiger partial charge in [-0.2, -0.15) is 0 Å². The van der Waals surface area contributed by atoms with Gasteiger partial charge in [-0.25, -0.2) is 4.98 Å². The molecule has 0 fully saturated rings. The van der Waals surface area contributed by atoms with Crippen molar-refractivity contribution in [3.05, 3.63) is 60.6 Å². The standard InChI is InChI=1S/C14H13Br2N3O2/c1-8-12(19(20)21)7-17-14(13(8)16)18-9(2)10-4-3-5-11(15)6-10/h3-7,9H,1-2H3,(H,17,18). The summed E-state index contributed by atoms with van der Waals surface area (Å²) < 4.78 is 1.61. The molecule has 0 aliphatic carbocycles. The normalized spacial score (nSPS) is 12.0. The van der Waals surface area contributed by atoms with Gasteiger partial charge in [-0.05, 0) is 47.5 Å². The van der Waals surface area contributed by atoms with Gasteiger partial charge in [0, 0.05) is 10.0 Å². The first-order chi connectivity index (χ1) is 9.90. The molecule has 0 spiro atoms. The number of aromatic nitrogens is 1. The van der Waals surface area contributed by atoms with E-state index in [4.69, 9.17) is 0 Å². The highest BCUT2D eigenvalue weighted by molar-refractivity contribution is 9.11. The number of anilines is 1. The molecule has 1 unspecified atom stereocenters. The predicted octanol–water partition coefficient (Wildman–Crippen LogP) is 5.00. The zero-order chi connectivity index (χ0) is 15.6. The second-order valence-corrected chi connectivity index (χ2v) is 6.32. The van der Waals surface area contributed by atoms with Crippen molar-refractivity contribution in [3.63, 3.8) is 0 Å². The van der Waals surface area contributed by atoms with E-state index >= 15 is 0 Å². The third-order valence-corrected chi connectivity index (χ3v) is 4.60. The van der Waals surface area contributed by atoms with Gasteiger partial charge in [0.2, 0.25) is 0 Å². The van der Waals surface area contributed by atoms with Crippen LogP contribution in [0.4, 0.5) is 11.5 Å². The van der Waals surface area contributed by atoms with E-state index in [-0.39, 0.29) is 11.7 Å². The third-order valence-electron chi connectivity index (χ3n) is 3.14. The van der Waals surface area contributed by atoms with Crippen LogP contribution in [0.1, 0.15) is 24.1 Å². The molecule has 1 heterocycles. The highest BCUT2D eigenvalue weighted by atomic mass is 79.9. The molecule has 0 bridgehead atoms.